The fourth-order valence-electron chi connectivity index (χ4n) is 0.688. The van der Waals surface area contributed by atoms with Crippen LogP contribution >= 0.6 is 11.3 Å². The molecule has 0 amide bonds. The van der Waals surface area contributed by atoms with Gasteiger partial charge in [-0.3, -0.25) is 0 Å². The van der Waals surface area contributed by atoms with E-state index in [4.69, 9.17) is 12.6 Å². The highest BCUT2D eigenvalue weighted by atomic mass is 32.1. The van der Waals surface area contributed by atoms with E-state index in [0.29, 0.717) is 22.1 Å². The number of carbonyl (C=O) groups excluding carboxylic acids is 1. The van der Waals surface area contributed by atoms with E-state index in [1.807, 2.05) is 0 Å². The molecule has 12 heavy (non-hydrogen) atoms. The van der Waals surface area contributed by atoms with Crippen LogP contribution in [-0.4, -0.2) is 25.4 Å². The monoisotopic (exact) mass is 181 g/mol. The highest BCUT2D eigenvalue weighted by molar-refractivity contribution is 7.21. The lowest BCUT2D eigenvalue weighted by Gasteiger charge is -1.95. The van der Waals surface area contributed by atoms with Gasteiger partial charge in [0.15, 0.2) is 0 Å². The highest BCUT2D eigenvalue weighted by Crippen LogP contribution is 2.06. The Kier molecular flexibility index (Phi) is 2.86. The van der Waals surface area contributed by atoms with Gasteiger partial charge in [0.1, 0.15) is 7.85 Å². The van der Waals surface area contributed by atoms with Crippen molar-refractivity contribution in [1.29, 1.82) is 0 Å². The summed E-state index contributed by atoms with van der Waals surface area (Å²) < 4.78 is 5.32. The molecule has 0 saturated heterocycles. The first-order valence-corrected chi connectivity index (χ1v) is 4.36. The summed E-state index contributed by atoms with van der Waals surface area (Å²) in [6.45, 7) is 3.87. The molecule has 0 aliphatic heterocycles. The summed E-state index contributed by atoms with van der Waals surface area (Å²) in [7, 11) is 5.52. The molecule has 0 spiro atoms. The summed E-state index contributed by atoms with van der Waals surface area (Å²) in [5.74, 6) is -0.401. The average Bonchev–Trinajstić information content (AvgIpc) is 2.33. The van der Waals surface area contributed by atoms with Gasteiger partial charge in [-0.25, -0.2) is 9.78 Å². The second-order valence-electron chi connectivity index (χ2n) is 2.19. The van der Waals surface area contributed by atoms with Crippen molar-refractivity contribution in [3.63, 3.8) is 0 Å². The topological polar surface area (TPSA) is 39.2 Å². The molecule has 0 fully saturated rings. The van der Waals surface area contributed by atoms with Crippen LogP contribution < -0.4 is 4.78 Å². The number of hydrogen-bond donors (Lipinski definition) is 0. The Balaban J connectivity index is 2.82. The number of rotatable bonds is 2. The Morgan fingerprint density at radius 3 is 2.83 bits per heavy atom. The number of aryl methyl sites for hydroxylation is 1. The maximum absolute atomic E-state index is 11.1. The van der Waals surface area contributed by atoms with Crippen molar-refractivity contribution in [1.82, 2.24) is 4.98 Å². The third-order valence-corrected chi connectivity index (χ3v) is 2.25. The normalized spacial score (nSPS) is 9.83. The van der Waals surface area contributed by atoms with Crippen molar-refractivity contribution in [3.05, 3.63) is 10.7 Å². The molecule has 5 heteroatoms. The van der Waals surface area contributed by atoms with E-state index in [-0.39, 0.29) is 0 Å². The molecule has 1 rings (SSSR count). The second-order valence-corrected chi connectivity index (χ2v) is 3.22. The van der Waals surface area contributed by atoms with Gasteiger partial charge < -0.3 is 4.74 Å². The molecule has 2 radical (unpaired) electrons. The third kappa shape index (κ3) is 1.85. The van der Waals surface area contributed by atoms with Crippen molar-refractivity contribution in [2.75, 3.05) is 6.61 Å². The Morgan fingerprint density at radius 2 is 2.42 bits per heavy atom. The lowest BCUT2D eigenvalue weighted by molar-refractivity contribution is 0.0526. The van der Waals surface area contributed by atoms with Gasteiger partial charge in [0.05, 0.1) is 6.61 Å². The van der Waals surface area contributed by atoms with E-state index in [1.165, 1.54) is 0 Å². The van der Waals surface area contributed by atoms with E-state index in [2.05, 4.69) is 4.98 Å². The standard InChI is InChI=1S/C7H8BNO2S/c1-3-11-7(10)6-9-4(2)5(8)12-6/h3H2,1-2H3. The zero-order valence-electron chi connectivity index (χ0n) is 6.96. The maximum atomic E-state index is 11.1. The van der Waals surface area contributed by atoms with E-state index < -0.39 is 5.97 Å². The van der Waals surface area contributed by atoms with Crippen LogP contribution in [0.25, 0.3) is 0 Å². The number of aromatic nitrogens is 1. The molecule has 0 saturated carbocycles. The molecule has 1 aromatic heterocycles. The third-order valence-electron chi connectivity index (χ3n) is 1.28. The SMILES string of the molecule is [B]c1sc(C(=O)OCC)nc1C. The first kappa shape index (κ1) is 9.25. The smallest absolute Gasteiger partial charge is 0.367 e. The number of thiazole rings is 1. The Bertz CT molecular complexity index is 278. The zero-order valence-corrected chi connectivity index (χ0v) is 7.77. The quantitative estimate of drug-likeness (QED) is 0.490. The number of ether oxygens (including phenoxy) is 1. The first-order valence-electron chi connectivity index (χ1n) is 3.55. The molecule has 0 N–H and O–H groups in total. The lowest BCUT2D eigenvalue weighted by Crippen LogP contribution is -2.03. The molecule has 0 bridgehead atoms. The lowest BCUT2D eigenvalue weighted by atomic mass is 10.1. The van der Waals surface area contributed by atoms with Gasteiger partial charge in [0, 0.05) is 5.69 Å². The van der Waals surface area contributed by atoms with Crippen LogP contribution in [0.5, 0.6) is 0 Å². The van der Waals surface area contributed by atoms with Gasteiger partial charge in [-0.05, 0) is 18.6 Å². The van der Waals surface area contributed by atoms with Crippen LogP contribution in [0.1, 0.15) is 22.4 Å². The van der Waals surface area contributed by atoms with Gasteiger partial charge in [0.2, 0.25) is 5.01 Å². The van der Waals surface area contributed by atoms with Crippen LogP contribution in [0.2, 0.25) is 0 Å². The minimum absolute atomic E-state index is 0.326. The minimum Gasteiger partial charge on any atom is -0.461 e. The fourth-order valence-corrected chi connectivity index (χ4v) is 1.41. The van der Waals surface area contributed by atoms with Crippen molar-refractivity contribution in [2.24, 2.45) is 0 Å². The van der Waals surface area contributed by atoms with Crippen LogP contribution in [-0.2, 0) is 4.74 Å². The molecular formula is C7H8BNO2S. The molecule has 62 valence electrons. The number of hydrogen-bond acceptors (Lipinski definition) is 4. The number of carbonyl (C=O) groups is 1. The van der Waals surface area contributed by atoms with Crippen molar-refractivity contribution in [2.45, 2.75) is 13.8 Å². The molecule has 1 heterocycles. The second kappa shape index (κ2) is 3.71. The molecule has 0 atom stereocenters. The summed E-state index contributed by atoms with van der Waals surface area (Å²) >= 11 is 1.15. The van der Waals surface area contributed by atoms with Crippen LogP contribution in [0.4, 0.5) is 0 Å². The molecule has 0 aromatic carbocycles. The molecule has 0 aliphatic rings. The van der Waals surface area contributed by atoms with Crippen molar-refractivity contribution < 1.29 is 9.53 Å². The van der Waals surface area contributed by atoms with E-state index >= 15 is 0 Å². The largest absolute Gasteiger partial charge is 0.461 e. The summed E-state index contributed by atoms with van der Waals surface area (Å²) in [6.07, 6.45) is 0. The molecule has 1 aromatic rings. The predicted octanol–water partition coefficient (Wildman–Crippen LogP) is 0.422. The summed E-state index contributed by atoms with van der Waals surface area (Å²) in [6, 6.07) is 0. The van der Waals surface area contributed by atoms with Crippen LogP contribution in [0.3, 0.4) is 0 Å². The number of esters is 1. The minimum atomic E-state index is -0.401. The van der Waals surface area contributed by atoms with Gasteiger partial charge in [0.25, 0.3) is 0 Å². The molecular weight excluding hydrogens is 173 g/mol. The van der Waals surface area contributed by atoms with Crippen LogP contribution in [0.15, 0.2) is 0 Å². The van der Waals surface area contributed by atoms with E-state index in [9.17, 15) is 4.79 Å². The van der Waals surface area contributed by atoms with Crippen molar-refractivity contribution >= 4 is 29.9 Å². The summed E-state index contributed by atoms with van der Waals surface area (Å²) in [5.41, 5.74) is 0.683. The van der Waals surface area contributed by atoms with Gasteiger partial charge in [-0.15, -0.1) is 11.3 Å². The van der Waals surface area contributed by atoms with E-state index in [1.54, 1.807) is 13.8 Å². The predicted molar refractivity (Wildman–Crippen MR) is 48.2 cm³/mol. The average molecular weight is 181 g/mol. The fraction of sp³-hybridized carbons (Fsp3) is 0.429. The first-order chi connectivity index (χ1) is 5.65. The zero-order chi connectivity index (χ0) is 9.14. The molecule has 0 aliphatic carbocycles. The van der Waals surface area contributed by atoms with Crippen molar-refractivity contribution in [3.8, 4) is 0 Å². The summed E-state index contributed by atoms with van der Waals surface area (Å²) in [4.78, 5) is 15.0. The molecule has 3 nitrogen and oxygen atoms in total. The maximum Gasteiger partial charge on any atom is 0.367 e. The Hall–Kier alpha value is -0.835. The summed E-state index contributed by atoms with van der Waals surface area (Å²) in [5, 5.41) is 0.326. The van der Waals surface area contributed by atoms with E-state index in [0.717, 1.165) is 11.3 Å². The van der Waals surface area contributed by atoms with Gasteiger partial charge in [-0.1, -0.05) is 0 Å². The highest BCUT2D eigenvalue weighted by Gasteiger charge is 2.12. The van der Waals surface area contributed by atoms with Gasteiger partial charge in [-0.2, -0.15) is 0 Å². The Morgan fingerprint density at radius 1 is 1.75 bits per heavy atom. The molecule has 0 unspecified atom stereocenters. The van der Waals surface area contributed by atoms with Crippen LogP contribution in [0, 0.1) is 6.92 Å². The number of nitrogens with zero attached hydrogens (tertiary/aromatic N) is 1. The van der Waals surface area contributed by atoms with Gasteiger partial charge >= 0.3 is 5.97 Å². The Labute approximate surface area is 76.2 Å².